The Morgan fingerprint density at radius 3 is 2.62 bits per heavy atom. The van der Waals surface area contributed by atoms with Crippen molar-refractivity contribution in [3.63, 3.8) is 0 Å². The van der Waals surface area contributed by atoms with Crippen molar-refractivity contribution >= 4 is 11.6 Å². The molecule has 0 aliphatic heterocycles. The van der Waals surface area contributed by atoms with E-state index in [4.69, 9.17) is 11.6 Å². The monoisotopic (exact) mass is 245 g/mol. The van der Waals surface area contributed by atoms with Crippen molar-refractivity contribution in [2.24, 2.45) is 0 Å². The van der Waals surface area contributed by atoms with Gasteiger partial charge in [-0.1, -0.05) is 29.8 Å². The fraction of sp³-hybridized carbons (Fsp3) is 0.500. The minimum atomic E-state index is -2.26. The van der Waals surface area contributed by atoms with Gasteiger partial charge in [-0.15, -0.1) is 0 Å². The third-order valence-electron chi connectivity index (χ3n) is 3.04. The molecule has 2 rings (SSSR count). The molecule has 1 N–H and O–H groups in total. The van der Waals surface area contributed by atoms with Crippen LogP contribution in [0.25, 0.3) is 0 Å². The normalized spacial score (nSPS) is 24.5. The second-order valence-corrected chi connectivity index (χ2v) is 4.59. The molecule has 1 aromatic carbocycles. The van der Waals surface area contributed by atoms with Gasteiger partial charge in [0.25, 0.3) is 6.43 Å². The summed E-state index contributed by atoms with van der Waals surface area (Å²) in [4.78, 5) is 0. The molecule has 0 saturated heterocycles. The van der Waals surface area contributed by atoms with E-state index in [2.05, 4.69) is 5.32 Å². The Bertz CT molecular complexity index is 351. The number of alkyl halides is 2. The molecule has 1 aliphatic carbocycles. The average Bonchev–Trinajstić information content (AvgIpc) is 2.17. The summed E-state index contributed by atoms with van der Waals surface area (Å²) in [5, 5.41) is 3.62. The zero-order chi connectivity index (χ0) is 11.5. The van der Waals surface area contributed by atoms with Gasteiger partial charge in [0.15, 0.2) is 0 Å². The van der Waals surface area contributed by atoms with Gasteiger partial charge in [0.1, 0.15) is 0 Å². The van der Waals surface area contributed by atoms with E-state index in [1.165, 1.54) is 0 Å². The van der Waals surface area contributed by atoms with E-state index in [9.17, 15) is 8.78 Å². The van der Waals surface area contributed by atoms with Crippen LogP contribution in [-0.4, -0.2) is 19.0 Å². The van der Waals surface area contributed by atoms with Crippen molar-refractivity contribution in [3.05, 3.63) is 34.9 Å². The summed E-state index contributed by atoms with van der Waals surface area (Å²) in [6, 6.07) is 7.96. The highest BCUT2D eigenvalue weighted by atomic mass is 35.5. The minimum absolute atomic E-state index is 0.208. The molecule has 0 atom stereocenters. The lowest BCUT2D eigenvalue weighted by Gasteiger charge is -2.36. The maximum Gasteiger partial charge on any atom is 0.250 e. The van der Waals surface area contributed by atoms with E-state index in [1.54, 1.807) is 0 Å². The smallest absolute Gasteiger partial charge is 0.250 e. The van der Waals surface area contributed by atoms with Crippen LogP contribution >= 0.6 is 11.6 Å². The van der Waals surface area contributed by atoms with Crippen LogP contribution in [0.2, 0.25) is 5.02 Å². The Morgan fingerprint density at radius 2 is 2.00 bits per heavy atom. The molecule has 1 nitrogen and oxygen atoms in total. The predicted molar refractivity (Wildman–Crippen MR) is 61.2 cm³/mol. The Hall–Kier alpha value is -0.670. The second kappa shape index (κ2) is 5.11. The number of halogens is 3. The van der Waals surface area contributed by atoms with Crippen molar-refractivity contribution in [2.45, 2.75) is 31.2 Å². The molecule has 1 aromatic rings. The SMILES string of the molecule is FC(F)CNC1CC(c2ccccc2Cl)C1. The van der Waals surface area contributed by atoms with Crippen molar-refractivity contribution in [1.82, 2.24) is 5.32 Å². The van der Waals surface area contributed by atoms with Crippen LogP contribution in [-0.2, 0) is 0 Å². The fourth-order valence-corrected chi connectivity index (χ4v) is 2.39. The third kappa shape index (κ3) is 2.71. The summed E-state index contributed by atoms with van der Waals surface area (Å²) in [6.45, 7) is -0.208. The highest BCUT2D eigenvalue weighted by molar-refractivity contribution is 6.31. The van der Waals surface area contributed by atoms with Crippen LogP contribution in [0, 0.1) is 0 Å². The molecule has 1 aliphatic rings. The Kier molecular flexibility index (Phi) is 3.77. The first kappa shape index (κ1) is 11.8. The maximum atomic E-state index is 12.0. The number of benzene rings is 1. The van der Waals surface area contributed by atoms with Crippen molar-refractivity contribution < 1.29 is 8.78 Å². The molecule has 1 saturated carbocycles. The van der Waals surface area contributed by atoms with Crippen molar-refractivity contribution in [3.8, 4) is 0 Å². The van der Waals surface area contributed by atoms with Crippen LogP contribution < -0.4 is 5.32 Å². The van der Waals surface area contributed by atoms with E-state index in [0.29, 0.717) is 5.92 Å². The van der Waals surface area contributed by atoms with E-state index in [0.717, 1.165) is 23.4 Å². The van der Waals surface area contributed by atoms with Crippen LogP contribution in [0.4, 0.5) is 8.78 Å². The molecule has 0 unspecified atom stereocenters. The lowest BCUT2D eigenvalue weighted by molar-refractivity contribution is 0.131. The molecule has 0 heterocycles. The Balaban J connectivity index is 1.82. The van der Waals surface area contributed by atoms with Crippen molar-refractivity contribution in [2.75, 3.05) is 6.54 Å². The number of nitrogens with one attached hydrogen (secondary N) is 1. The molecule has 0 radical (unpaired) electrons. The second-order valence-electron chi connectivity index (χ2n) is 4.19. The van der Waals surface area contributed by atoms with Gasteiger partial charge in [-0.2, -0.15) is 0 Å². The lowest BCUT2D eigenvalue weighted by atomic mass is 9.76. The highest BCUT2D eigenvalue weighted by Gasteiger charge is 2.31. The average molecular weight is 246 g/mol. The van der Waals surface area contributed by atoms with Gasteiger partial charge in [0.2, 0.25) is 0 Å². The van der Waals surface area contributed by atoms with Gasteiger partial charge in [0, 0.05) is 11.1 Å². The van der Waals surface area contributed by atoms with Gasteiger partial charge >= 0.3 is 0 Å². The molecular formula is C12H14ClF2N. The van der Waals surface area contributed by atoms with Crippen LogP contribution in [0.1, 0.15) is 24.3 Å². The summed E-state index contributed by atoms with van der Waals surface area (Å²) in [5.41, 5.74) is 1.14. The van der Waals surface area contributed by atoms with E-state index in [1.807, 2.05) is 24.3 Å². The quantitative estimate of drug-likeness (QED) is 0.857. The third-order valence-corrected chi connectivity index (χ3v) is 3.39. The van der Waals surface area contributed by atoms with E-state index < -0.39 is 6.43 Å². The molecule has 1 fully saturated rings. The molecule has 0 amide bonds. The molecule has 0 spiro atoms. The van der Waals surface area contributed by atoms with Gasteiger partial charge in [-0.05, 0) is 30.4 Å². The lowest BCUT2D eigenvalue weighted by Crippen LogP contribution is -2.42. The molecule has 88 valence electrons. The topological polar surface area (TPSA) is 12.0 Å². The summed E-state index contributed by atoms with van der Waals surface area (Å²) in [7, 11) is 0. The zero-order valence-corrected chi connectivity index (χ0v) is 9.55. The van der Waals surface area contributed by atoms with Crippen LogP contribution in [0.5, 0.6) is 0 Å². The first-order valence-electron chi connectivity index (χ1n) is 5.42. The zero-order valence-electron chi connectivity index (χ0n) is 8.80. The van der Waals surface area contributed by atoms with E-state index in [-0.39, 0.29) is 12.6 Å². The minimum Gasteiger partial charge on any atom is -0.309 e. The standard InChI is InChI=1S/C12H14ClF2N/c13-11-4-2-1-3-10(11)8-5-9(6-8)16-7-12(14)15/h1-4,8-9,12,16H,5-7H2. The molecule has 0 bridgehead atoms. The van der Waals surface area contributed by atoms with Gasteiger partial charge in [-0.25, -0.2) is 8.78 Å². The maximum absolute atomic E-state index is 12.0. The Morgan fingerprint density at radius 1 is 1.31 bits per heavy atom. The predicted octanol–water partition coefficient (Wildman–Crippen LogP) is 3.44. The summed E-state index contributed by atoms with van der Waals surface area (Å²) >= 11 is 6.07. The summed E-state index contributed by atoms with van der Waals surface area (Å²) in [6.07, 6.45) is -0.466. The largest absolute Gasteiger partial charge is 0.309 e. The Labute approximate surface area is 98.8 Å². The van der Waals surface area contributed by atoms with Crippen molar-refractivity contribution in [1.29, 1.82) is 0 Å². The fourth-order valence-electron chi connectivity index (χ4n) is 2.10. The number of hydrogen-bond donors (Lipinski definition) is 1. The molecular weight excluding hydrogens is 232 g/mol. The summed E-state index contributed by atoms with van der Waals surface area (Å²) in [5.74, 6) is 0.420. The van der Waals surface area contributed by atoms with Crippen LogP contribution in [0.15, 0.2) is 24.3 Å². The molecule has 16 heavy (non-hydrogen) atoms. The van der Waals surface area contributed by atoms with Crippen LogP contribution in [0.3, 0.4) is 0 Å². The molecule has 4 heteroatoms. The van der Waals surface area contributed by atoms with Gasteiger partial charge < -0.3 is 5.32 Å². The molecule has 0 aromatic heterocycles. The summed E-state index contributed by atoms with van der Waals surface area (Å²) < 4.78 is 23.9. The highest BCUT2D eigenvalue weighted by Crippen LogP contribution is 2.39. The first-order valence-corrected chi connectivity index (χ1v) is 5.80. The van der Waals surface area contributed by atoms with E-state index >= 15 is 0 Å². The van der Waals surface area contributed by atoms with Gasteiger partial charge in [-0.3, -0.25) is 0 Å². The number of hydrogen-bond acceptors (Lipinski definition) is 1. The number of rotatable bonds is 4. The van der Waals surface area contributed by atoms with Gasteiger partial charge in [0.05, 0.1) is 6.54 Å². The first-order chi connectivity index (χ1) is 7.66.